The molecule has 2 fully saturated rings. The zero-order valence-electron chi connectivity index (χ0n) is 22.0. The Hall–Kier alpha value is -2.54. The van der Waals surface area contributed by atoms with Crippen LogP contribution < -0.4 is 0 Å². The van der Waals surface area contributed by atoms with Gasteiger partial charge in [0.2, 0.25) is 0 Å². The summed E-state index contributed by atoms with van der Waals surface area (Å²) in [6.07, 6.45) is 12.9. The standard InChI is InChI=1S/C34H36O2S/c1-4-18-34(36)19-17-31-29-15-11-25-20-26(35)12-16-28(25)32(29)30(21-33(31,34)2)24-7-5-22(6-8-24)23-9-13-27(37-3)14-10-23/h5-11,13-15,20,28-32,36H,12,16-17,19,21H2,1-3H3/t28-,29-,30+,31-,32+,33-,34-/m0/s1. The molecule has 0 spiro atoms. The molecule has 2 aromatic rings. The van der Waals surface area contributed by atoms with Crippen LogP contribution in [-0.4, -0.2) is 22.7 Å². The first-order chi connectivity index (χ1) is 17.9. The Kier molecular flexibility index (Phi) is 6.25. The van der Waals surface area contributed by atoms with E-state index in [1.807, 2.05) is 13.0 Å². The molecule has 7 atom stereocenters. The van der Waals surface area contributed by atoms with Crippen LogP contribution in [0.5, 0.6) is 0 Å². The first-order valence-corrected chi connectivity index (χ1v) is 14.9. The van der Waals surface area contributed by atoms with Gasteiger partial charge in [-0.3, -0.25) is 4.79 Å². The summed E-state index contributed by atoms with van der Waals surface area (Å²) < 4.78 is 0. The quantitative estimate of drug-likeness (QED) is 0.346. The van der Waals surface area contributed by atoms with E-state index < -0.39 is 5.60 Å². The number of thioether (sulfide) groups is 1. The summed E-state index contributed by atoms with van der Waals surface area (Å²) in [6, 6.07) is 17.9. The van der Waals surface area contributed by atoms with Gasteiger partial charge < -0.3 is 5.11 Å². The lowest BCUT2D eigenvalue weighted by Crippen LogP contribution is -2.54. The molecule has 0 heterocycles. The van der Waals surface area contributed by atoms with E-state index in [0.29, 0.717) is 36.0 Å². The number of allylic oxidation sites excluding steroid dienone is 4. The van der Waals surface area contributed by atoms with Gasteiger partial charge in [0.15, 0.2) is 5.78 Å². The maximum absolute atomic E-state index is 12.3. The van der Waals surface area contributed by atoms with E-state index in [-0.39, 0.29) is 11.2 Å². The summed E-state index contributed by atoms with van der Waals surface area (Å²) >= 11 is 1.76. The van der Waals surface area contributed by atoms with Crippen molar-refractivity contribution >= 4 is 17.5 Å². The van der Waals surface area contributed by atoms with Gasteiger partial charge in [-0.05, 0) is 109 Å². The van der Waals surface area contributed by atoms with E-state index >= 15 is 0 Å². The number of fused-ring (bicyclic) bond motifs is 5. The Morgan fingerprint density at radius 1 is 1.00 bits per heavy atom. The highest BCUT2D eigenvalue weighted by Gasteiger charge is 2.64. The minimum Gasteiger partial charge on any atom is -0.377 e. The van der Waals surface area contributed by atoms with Gasteiger partial charge in [-0.15, -0.1) is 17.7 Å². The minimum atomic E-state index is -0.943. The van der Waals surface area contributed by atoms with Crippen molar-refractivity contribution in [2.45, 2.75) is 62.4 Å². The number of hydrogen-bond donors (Lipinski definition) is 1. The van der Waals surface area contributed by atoms with Gasteiger partial charge in [0.05, 0.1) is 0 Å². The van der Waals surface area contributed by atoms with Gasteiger partial charge in [0, 0.05) is 16.7 Å². The smallest absolute Gasteiger partial charge is 0.155 e. The van der Waals surface area contributed by atoms with E-state index in [2.05, 4.69) is 85.7 Å². The number of carbonyl (C=O) groups excluding carboxylic acids is 1. The monoisotopic (exact) mass is 508 g/mol. The van der Waals surface area contributed by atoms with Crippen LogP contribution in [0.25, 0.3) is 11.1 Å². The zero-order valence-corrected chi connectivity index (χ0v) is 22.9. The van der Waals surface area contributed by atoms with Crippen molar-refractivity contribution in [1.82, 2.24) is 0 Å². The summed E-state index contributed by atoms with van der Waals surface area (Å²) in [5, 5.41) is 11.8. The molecule has 4 aliphatic rings. The lowest BCUT2D eigenvalue weighted by Gasteiger charge is -2.56. The molecule has 37 heavy (non-hydrogen) atoms. The largest absolute Gasteiger partial charge is 0.377 e. The molecule has 0 aliphatic heterocycles. The predicted octanol–water partition coefficient (Wildman–Crippen LogP) is 7.44. The van der Waals surface area contributed by atoms with Crippen LogP contribution in [0.1, 0.15) is 57.4 Å². The van der Waals surface area contributed by atoms with Crippen LogP contribution in [0.4, 0.5) is 0 Å². The van der Waals surface area contributed by atoms with Crippen LogP contribution in [0.2, 0.25) is 0 Å². The molecule has 3 heteroatoms. The van der Waals surface area contributed by atoms with E-state index in [1.54, 1.807) is 11.8 Å². The number of hydrogen-bond acceptors (Lipinski definition) is 3. The maximum atomic E-state index is 12.3. The third-order valence-electron chi connectivity index (χ3n) is 10.1. The summed E-state index contributed by atoms with van der Waals surface area (Å²) in [7, 11) is 0. The Morgan fingerprint density at radius 2 is 1.70 bits per heavy atom. The van der Waals surface area contributed by atoms with Crippen LogP contribution in [-0.2, 0) is 4.79 Å². The van der Waals surface area contributed by atoms with Crippen LogP contribution in [0.15, 0.2) is 77.2 Å². The summed E-state index contributed by atoms with van der Waals surface area (Å²) in [4.78, 5) is 13.5. The van der Waals surface area contributed by atoms with Gasteiger partial charge in [-0.2, -0.15) is 0 Å². The third-order valence-corrected chi connectivity index (χ3v) is 10.9. The molecule has 2 saturated carbocycles. The van der Waals surface area contributed by atoms with Crippen molar-refractivity contribution in [2.24, 2.45) is 29.1 Å². The number of carbonyl (C=O) groups is 1. The molecule has 190 valence electrons. The topological polar surface area (TPSA) is 37.3 Å². The van der Waals surface area contributed by atoms with E-state index in [4.69, 9.17) is 0 Å². The average Bonchev–Trinajstić information content (AvgIpc) is 3.18. The van der Waals surface area contributed by atoms with Gasteiger partial charge in [-0.25, -0.2) is 0 Å². The fourth-order valence-corrected chi connectivity index (χ4v) is 8.66. The Bertz CT molecular complexity index is 1320. The van der Waals surface area contributed by atoms with Crippen LogP contribution in [0.3, 0.4) is 0 Å². The van der Waals surface area contributed by atoms with Crippen molar-refractivity contribution in [3.8, 4) is 23.0 Å². The normalized spacial score (nSPS) is 36.1. The van der Waals surface area contributed by atoms with Crippen molar-refractivity contribution in [1.29, 1.82) is 0 Å². The highest BCUT2D eigenvalue weighted by Crippen LogP contribution is 2.67. The summed E-state index contributed by atoms with van der Waals surface area (Å²) in [5.41, 5.74) is 3.83. The number of aliphatic hydroxyl groups is 1. The highest BCUT2D eigenvalue weighted by atomic mass is 32.2. The molecule has 6 rings (SSSR count). The number of benzene rings is 2. The third kappa shape index (κ3) is 3.96. The average molecular weight is 509 g/mol. The van der Waals surface area contributed by atoms with E-state index in [0.717, 1.165) is 25.7 Å². The summed E-state index contributed by atoms with van der Waals surface area (Å²) in [6.45, 7) is 4.14. The van der Waals surface area contributed by atoms with Gasteiger partial charge >= 0.3 is 0 Å². The van der Waals surface area contributed by atoms with Gasteiger partial charge in [-0.1, -0.05) is 61.4 Å². The molecule has 0 radical (unpaired) electrons. The highest BCUT2D eigenvalue weighted by molar-refractivity contribution is 7.98. The lowest BCUT2D eigenvalue weighted by atomic mass is 9.48. The van der Waals surface area contributed by atoms with Crippen molar-refractivity contribution < 1.29 is 9.90 Å². The molecule has 0 bridgehead atoms. The summed E-state index contributed by atoms with van der Waals surface area (Å²) in [5.74, 6) is 8.54. The minimum absolute atomic E-state index is 0.260. The molecule has 2 aromatic carbocycles. The first-order valence-electron chi connectivity index (χ1n) is 13.7. The number of ketones is 1. The number of rotatable bonds is 3. The second kappa shape index (κ2) is 9.33. The predicted molar refractivity (Wildman–Crippen MR) is 152 cm³/mol. The maximum Gasteiger partial charge on any atom is 0.155 e. The SMILES string of the molecule is CC#C[C@]1(O)CC[C@H]2[C@@H]3C=CC4=CC(=O)CC[C@@H]4[C@H]3[C@@H](c3ccc(-c4ccc(SC)cc4)cc3)C[C@@]21C. The Balaban J connectivity index is 1.42. The second-order valence-corrected chi connectivity index (χ2v) is 12.6. The Morgan fingerprint density at radius 3 is 2.38 bits per heavy atom. The lowest BCUT2D eigenvalue weighted by molar-refractivity contribution is -0.116. The van der Waals surface area contributed by atoms with Crippen LogP contribution in [0, 0.1) is 40.9 Å². The van der Waals surface area contributed by atoms with Crippen molar-refractivity contribution in [2.75, 3.05) is 6.26 Å². The zero-order chi connectivity index (χ0) is 25.8. The molecule has 4 aliphatic carbocycles. The van der Waals surface area contributed by atoms with Crippen molar-refractivity contribution in [3.63, 3.8) is 0 Å². The fraction of sp³-hybridized carbons (Fsp3) is 0.441. The molecular weight excluding hydrogens is 472 g/mol. The van der Waals surface area contributed by atoms with Crippen LogP contribution >= 0.6 is 11.8 Å². The van der Waals surface area contributed by atoms with E-state index in [9.17, 15) is 9.90 Å². The Labute approximate surface area is 225 Å². The van der Waals surface area contributed by atoms with E-state index in [1.165, 1.54) is 27.2 Å². The molecule has 2 nitrogen and oxygen atoms in total. The molecule has 0 unspecified atom stereocenters. The first kappa shape index (κ1) is 24.8. The molecule has 0 amide bonds. The molecule has 1 N–H and O–H groups in total. The molecule has 0 aromatic heterocycles. The van der Waals surface area contributed by atoms with Gasteiger partial charge in [0.1, 0.15) is 5.60 Å². The fourth-order valence-electron chi connectivity index (χ4n) is 8.25. The van der Waals surface area contributed by atoms with Gasteiger partial charge in [0.25, 0.3) is 0 Å². The molecule has 0 saturated heterocycles. The second-order valence-electron chi connectivity index (χ2n) is 11.7. The van der Waals surface area contributed by atoms with Crippen molar-refractivity contribution in [3.05, 3.63) is 77.9 Å². The molecular formula is C34H36O2S.